The number of terminal acetylenes is 1. The summed E-state index contributed by atoms with van der Waals surface area (Å²) in [5.74, 6) is 1.41. The summed E-state index contributed by atoms with van der Waals surface area (Å²) in [4.78, 5) is 39.4. The van der Waals surface area contributed by atoms with Gasteiger partial charge in [-0.25, -0.2) is 0 Å². The van der Waals surface area contributed by atoms with E-state index in [0.717, 1.165) is 0 Å². The Morgan fingerprint density at radius 1 is 1.16 bits per heavy atom. The van der Waals surface area contributed by atoms with Gasteiger partial charge in [0.15, 0.2) is 5.78 Å². The molecule has 0 fully saturated rings. The lowest BCUT2D eigenvalue weighted by Crippen LogP contribution is -2.25. The van der Waals surface area contributed by atoms with E-state index in [9.17, 15) is 14.4 Å². The lowest BCUT2D eigenvalue weighted by molar-refractivity contribution is 0.0958. The minimum absolute atomic E-state index is 0.0953. The number of hydrogen-bond acceptors (Lipinski definition) is 3. The highest BCUT2D eigenvalue weighted by Crippen LogP contribution is 2.21. The molecular weight excluding hydrogens is 318 g/mol. The number of para-hydroxylation sites is 1. The van der Waals surface area contributed by atoms with Gasteiger partial charge in [0.05, 0.1) is 17.8 Å². The van der Waals surface area contributed by atoms with Crippen LogP contribution < -0.4 is 10.6 Å². The van der Waals surface area contributed by atoms with Crippen LogP contribution in [0.25, 0.3) is 0 Å². The number of nitrogens with one attached hydrogen (secondary N) is 3. The van der Waals surface area contributed by atoms with Gasteiger partial charge in [-0.15, -0.1) is 6.42 Å². The zero-order valence-corrected chi connectivity index (χ0v) is 14.3. The van der Waals surface area contributed by atoms with Crippen LogP contribution >= 0.6 is 0 Å². The number of hydrogen-bond donors (Lipinski definition) is 3. The molecule has 2 amide bonds. The third kappa shape index (κ3) is 3.78. The predicted molar refractivity (Wildman–Crippen MR) is 95.8 cm³/mol. The van der Waals surface area contributed by atoms with Crippen molar-refractivity contribution in [2.24, 2.45) is 0 Å². The van der Waals surface area contributed by atoms with Crippen molar-refractivity contribution in [1.29, 1.82) is 0 Å². The van der Waals surface area contributed by atoms with Crippen LogP contribution in [-0.2, 0) is 0 Å². The lowest BCUT2D eigenvalue weighted by Gasteiger charge is -2.10. The molecule has 0 atom stereocenters. The highest BCUT2D eigenvalue weighted by molar-refractivity contribution is 6.10. The first kappa shape index (κ1) is 18.0. The molecule has 0 aliphatic heterocycles. The number of aromatic nitrogens is 1. The van der Waals surface area contributed by atoms with Gasteiger partial charge in [0, 0.05) is 11.3 Å². The Morgan fingerprint density at radius 3 is 2.44 bits per heavy atom. The number of benzene rings is 1. The van der Waals surface area contributed by atoms with Gasteiger partial charge in [-0.05, 0) is 38.5 Å². The van der Waals surface area contributed by atoms with Crippen molar-refractivity contribution < 1.29 is 14.4 Å². The molecule has 0 spiro atoms. The number of carbonyl (C=O) groups is 3. The molecule has 6 nitrogen and oxygen atoms in total. The molecule has 0 radical (unpaired) electrons. The largest absolute Gasteiger partial charge is 0.354 e. The first-order valence-corrected chi connectivity index (χ1v) is 7.69. The van der Waals surface area contributed by atoms with Crippen LogP contribution in [0.3, 0.4) is 0 Å². The number of amides is 2. The van der Waals surface area contributed by atoms with Gasteiger partial charge in [0.25, 0.3) is 11.8 Å². The Kier molecular flexibility index (Phi) is 5.40. The number of H-pyrrole nitrogens is 1. The van der Waals surface area contributed by atoms with E-state index < -0.39 is 5.91 Å². The Morgan fingerprint density at radius 2 is 1.84 bits per heavy atom. The van der Waals surface area contributed by atoms with E-state index in [-0.39, 0.29) is 18.2 Å². The second kappa shape index (κ2) is 7.49. The third-order valence-corrected chi connectivity index (χ3v) is 3.79. The van der Waals surface area contributed by atoms with Crippen LogP contribution in [0.1, 0.15) is 49.4 Å². The normalized spacial score (nSPS) is 10.0. The molecule has 0 saturated carbocycles. The summed E-state index contributed by atoms with van der Waals surface area (Å²) < 4.78 is 0. The highest BCUT2D eigenvalue weighted by Gasteiger charge is 2.21. The summed E-state index contributed by atoms with van der Waals surface area (Å²) in [6.07, 6.45) is 5.14. The molecule has 2 rings (SSSR count). The molecule has 0 saturated heterocycles. The molecule has 1 aromatic carbocycles. The highest BCUT2D eigenvalue weighted by atomic mass is 16.2. The van der Waals surface area contributed by atoms with Crippen molar-refractivity contribution in [3.8, 4) is 12.3 Å². The number of aromatic amines is 1. The SMILES string of the molecule is C#CCNC(=O)c1ccccc1NC(=O)c1[nH]c(C)c(C(C)=O)c1C. The van der Waals surface area contributed by atoms with E-state index in [1.54, 1.807) is 38.1 Å². The van der Waals surface area contributed by atoms with Crippen molar-refractivity contribution in [2.45, 2.75) is 20.8 Å². The van der Waals surface area contributed by atoms with Crippen molar-refractivity contribution in [1.82, 2.24) is 10.3 Å². The molecule has 6 heteroatoms. The van der Waals surface area contributed by atoms with Crippen molar-refractivity contribution in [3.05, 3.63) is 52.3 Å². The third-order valence-electron chi connectivity index (χ3n) is 3.79. The zero-order valence-electron chi connectivity index (χ0n) is 14.3. The van der Waals surface area contributed by atoms with E-state index in [2.05, 4.69) is 21.5 Å². The van der Waals surface area contributed by atoms with Crippen LogP contribution in [0, 0.1) is 26.2 Å². The number of aryl methyl sites for hydroxylation is 1. The minimum atomic E-state index is -0.426. The number of Topliss-reactive ketones (excluding diaryl/α,β-unsaturated/α-hetero) is 1. The quantitative estimate of drug-likeness (QED) is 0.578. The van der Waals surface area contributed by atoms with E-state index in [0.29, 0.717) is 33.8 Å². The van der Waals surface area contributed by atoms with Gasteiger partial charge in [0.1, 0.15) is 5.69 Å². The number of carbonyl (C=O) groups excluding carboxylic acids is 3. The maximum Gasteiger partial charge on any atom is 0.272 e. The lowest BCUT2D eigenvalue weighted by atomic mass is 10.1. The summed E-state index contributed by atoms with van der Waals surface area (Å²) in [5, 5.41) is 5.27. The van der Waals surface area contributed by atoms with Gasteiger partial charge in [-0.3, -0.25) is 14.4 Å². The number of ketones is 1. The van der Waals surface area contributed by atoms with Crippen molar-refractivity contribution >= 4 is 23.3 Å². The molecule has 3 N–H and O–H groups in total. The smallest absolute Gasteiger partial charge is 0.272 e. The van der Waals surface area contributed by atoms with Crippen LogP contribution in [0.5, 0.6) is 0 Å². The second-order valence-corrected chi connectivity index (χ2v) is 5.57. The summed E-state index contributed by atoms with van der Waals surface area (Å²) in [6, 6.07) is 6.62. The van der Waals surface area contributed by atoms with Gasteiger partial charge >= 0.3 is 0 Å². The molecular formula is C19H19N3O3. The molecule has 128 valence electrons. The molecule has 0 unspecified atom stereocenters. The van der Waals surface area contributed by atoms with E-state index in [4.69, 9.17) is 6.42 Å². The van der Waals surface area contributed by atoms with Gasteiger partial charge in [-0.1, -0.05) is 18.1 Å². The first-order valence-electron chi connectivity index (χ1n) is 7.69. The fourth-order valence-corrected chi connectivity index (χ4v) is 2.71. The van der Waals surface area contributed by atoms with Crippen LogP contribution in [0.2, 0.25) is 0 Å². The van der Waals surface area contributed by atoms with E-state index in [1.807, 2.05) is 0 Å². The number of anilines is 1. The number of rotatable bonds is 5. The van der Waals surface area contributed by atoms with E-state index in [1.165, 1.54) is 6.92 Å². The van der Waals surface area contributed by atoms with E-state index >= 15 is 0 Å². The van der Waals surface area contributed by atoms with Crippen LogP contribution in [0.15, 0.2) is 24.3 Å². The average Bonchev–Trinajstić information content (AvgIpc) is 2.87. The molecule has 2 aromatic rings. The average molecular weight is 337 g/mol. The predicted octanol–water partition coefficient (Wildman–Crippen LogP) is 2.45. The van der Waals surface area contributed by atoms with Gasteiger partial charge in [0.2, 0.25) is 0 Å². The Bertz CT molecular complexity index is 888. The standard InChI is InChI=1S/C19H19N3O3/c1-5-10-20-18(24)14-8-6-7-9-15(14)22-19(25)17-11(2)16(13(4)23)12(3)21-17/h1,6-9,21H,10H2,2-4H3,(H,20,24)(H,22,25). The summed E-state index contributed by atoms with van der Waals surface area (Å²) in [6.45, 7) is 5.00. The molecule has 1 heterocycles. The topological polar surface area (TPSA) is 91.1 Å². The fraction of sp³-hybridized carbons (Fsp3) is 0.211. The van der Waals surface area contributed by atoms with Crippen LogP contribution in [0.4, 0.5) is 5.69 Å². The van der Waals surface area contributed by atoms with Crippen LogP contribution in [-0.4, -0.2) is 29.1 Å². The summed E-state index contributed by atoms with van der Waals surface area (Å²) in [7, 11) is 0. The summed E-state index contributed by atoms with van der Waals surface area (Å²) >= 11 is 0. The zero-order chi connectivity index (χ0) is 18.6. The molecule has 0 aliphatic carbocycles. The monoisotopic (exact) mass is 337 g/mol. The molecule has 0 bridgehead atoms. The Labute approximate surface area is 146 Å². The minimum Gasteiger partial charge on any atom is -0.354 e. The fourth-order valence-electron chi connectivity index (χ4n) is 2.71. The van der Waals surface area contributed by atoms with Crippen molar-refractivity contribution in [2.75, 3.05) is 11.9 Å². The summed E-state index contributed by atoms with van der Waals surface area (Å²) in [5.41, 5.74) is 2.68. The Hall–Kier alpha value is -3.33. The maximum atomic E-state index is 12.6. The molecule has 0 aliphatic rings. The van der Waals surface area contributed by atoms with Gasteiger partial charge in [-0.2, -0.15) is 0 Å². The maximum absolute atomic E-state index is 12.6. The van der Waals surface area contributed by atoms with Crippen molar-refractivity contribution in [3.63, 3.8) is 0 Å². The Balaban J connectivity index is 2.31. The van der Waals surface area contributed by atoms with Gasteiger partial charge < -0.3 is 15.6 Å². The second-order valence-electron chi connectivity index (χ2n) is 5.57. The molecule has 1 aromatic heterocycles. The first-order chi connectivity index (χ1) is 11.9. The molecule has 25 heavy (non-hydrogen) atoms.